The number of hydrogen-bond acceptors (Lipinski definition) is 5. The fraction of sp³-hybridized carbons (Fsp3) is 0.235. The van der Waals surface area contributed by atoms with Crippen LogP contribution in [0.5, 0.6) is 17.2 Å². The van der Waals surface area contributed by atoms with Gasteiger partial charge >= 0.3 is 5.97 Å². The minimum Gasteiger partial charge on any atom is -0.497 e. The third-order valence-electron chi connectivity index (χ3n) is 2.93. The average molecular weight is 302 g/mol. The van der Waals surface area contributed by atoms with Crippen molar-refractivity contribution in [2.24, 2.45) is 0 Å². The maximum absolute atomic E-state index is 12.0. The first-order valence-electron chi connectivity index (χ1n) is 6.93. The van der Waals surface area contributed by atoms with E-state index >= 15 is 0 Å². The summed E-state index contributed by atoms with van der Waals surface area (Å²) in [6.45, 7) is 0.526. The van der Waals surface area contributed by atoms with Gasteiger partial charge in [-0.3, -0.25) is 0 Å². The van der Waals surface area contributed by atoms with Crippen molar-refractivity contribution in [2.75, 3.05) is 20.3 Å². The number of methoxy groups -OCH3 is 1. The van der Waals surface area contributed by atoms with Gasteiger partial charge in [-0.2, -0.15) is 0 Å². The highest BCUT2D eigenvalue weighted by atomic mass is 16.5. The van der Waals surface area contributed by atoms with Crippen LogP contribution in [0.1, 0.15) is 16.8 Å². The molecule has 22 heavy (non-hydrogen) atoms. The van der Waals surface area contributed by atoms with E-state index in [-0.39, 0.29) is 6.61 Å². The number of rotatable bonds is 7. The van der Waals surface area contributed by atoms with Gasteiger partial charge in [0.1, 0.15) is 17.2 Å². The fourth-order valence-electron chi connectivity index (χ4n) is 1.75. The van der Waals surface area contributed by atoms with Crippen LogP contribution >= 0.6 is 0 Å². The van der Waals surface area contributed by atoms with E-state index in [1.54, 1.807) is 55.6 Å². The van der Waals surface area contributed by atoms with Gasteiger partial charge in [-0.1, -0.05) is 0 Å². The van der Waals surface area contributed by atoms with Crippen LogP contribution in [0.25, 0.3) is 0 Å². The van der Waals surface area contributed by atoms with Crippen molar-refractivity contribution in [1.29, 1.82) is 0 Å². The molecule has 116 valence electrons. The number of aliphatic hydroxyl groups excluding tert-OH is 1. The summed E-state index contributed by atoms with van der Waals surface area (Å²) < 4.78 is 15.7. The summed E-state index contributed by atoms with van der Waals surface area (Å²) in [6, 6.07) is 13.5. The van der Waals surface area contributed by atoms with Gasteiger partial charge in [0.05, 0.1) is 19.3 Å². The van der Waals surface area contributed by atoms with E-state index in [1.807, 2.05) is 0 Å². The molecule has 2 aromatic rings. The Morgan fingerprint density at radius 1 is 0.955 bits per heavy atom. The number of hydrogen-bond donors (Lipinski definition) is 1. The number of esters is 1. The Bertz CT molecular complexity index is 589. The predicted molar refractivity (Wildman–Crippen MR) is 81.6 cm³/mol. The number of ether oxygens (including phenoxy) is 3. The molecule has 0 amide bonds. The van der Waals surface area contributed by atoms with E-state index in [0.717, 1.165) is 0 Å². The summed E-state index contributed by atoms with van der Waals surface area (Å²) in [5, 5.41) is 8.69. The quantitative estimate of drug-likeness (QED) is 0.484. The molecule has 0 saturated heterocycles. The summed E-state index contributed by atoms with van der Waals surface area (Å²) >= 11 is 0. The normalized spacial score (nSPS) is 10.1. The SMILES string of the molecule is COc1ccc(OC(=O)c2ccc(OCCCO)cc2)cc1. The van der Waals surface area contributed by atoms with Gasteiger partial charge < -0.3 is 19.3 Å². The largest absolute Gasteiger partial charge is 0.497 e. The monoisotopic (exact) mass is 302 g/mol. The summed E-state index contributed by atoms with van der Waals surface area (Å²) in [4.78, 5) is 12.0. The maximum atomic E-state index is 12.0. The molecule has 5 nitrogen and oxygen atoms in total. The van der Waals surface area contributed by atoms with Crippen LogP contribution in [0.2, 0.25) is 0 Å². The summed E-state index contributed by atoms with van der Waals surface area (Å²) in [7, 11) is 1.57. The Balaban J connectivity index is 1.94. The number of aliphatic hydroxyl groups is 1. The van der Waals surface area contributed by atoms with Crippen LogP contribution in [0, 0.1) is 0 Å². The minimum absolute atomic E-state index is 0.0896. The third kappa shape index (κ3) is 4.49. The zero-order chi connectivity index (χ0) is 15.8. The molecule has 2 rings (SSSR count). The molecule has 5 heteroatoms. The predicted octanol–water partition coefficient (Wildman–Crippen LogP) is 2.68. The molecule has 0 fully saturated rings. The molecule has 0 aliphatic carbocycles. The lowest BCUT2D eigenvalue weighted by Crippen LogP contribution is -2.08. The lowest BCUT2D eigenvalue weighted by molar-refractivity contribution is 0.0734. The second-order valence-electron chi connectivity index (χ2n) is 4.52. The number of carbonyl (C=O) groups is 1. The van der Waals surface area contributed by atoms with Gasteiger partial charge in [-0.05, 0) is 48.5 Å². The second-order valence-corrected chi connectivity index (χ2v) is 4.52. The lowest BCUT2D eigenvalue weighted by Gasteiger charge is -2.07. The Morgan fingerprint density at radius 2 is 1.55 bits per heavy atom. The Hall–Kier alpha value is -2.53. The highest BCUT2D eigenvalue weighted by Crippen LogP contribution is 2.19. The Kier molecular flexibility index (Phi) is 5.80. The first-order chi connectivity index (χ1) is 10.7. The van der Waals surface area contributed by atoms with Crippen LogP contribution in [-0.2, 0) is 0 Å². The van der Waals surface area contributed by atoms with Crippen LogP contribution < -0.4 is 14.2 Å². The van der Waals surface area contributed by atoms with Crippen LogP contribution in [0.15, 0.2) is 48.5 Å². The average Bonchev–Trinajstić information content (AvgIpc) is 2.56. The molecular weight excluding hydrogens is 284 g/mol. The maximum Gasteiger partial charge on any atom is 0.343 e. The molecule has 0 unspecified atom stereocenters. The summed E-state index contributed by atoms with van der Waals surface area (Å²) in [5.41, 5.74) is 0.435. The topological polar surface area (TPSA) is 65.0 Å². The van der Waals surface area contributed by atoms with E-state index in [9.17, 15) is 4.79 Å². The van der Waals surface area contributed by atoms with E-state index in [1.165, 1.54) is 0 Å². The minimum atomic E-state index is -0.438. The van der Waals surface area contributed by atoms with Gasteiger partial charge in [0.25, 0.3) is 0 Å². The van der Waals surface area contributed by atoms with Gasteiger partial charge in [0.2, 0.25) is 0 Å². The van der Waals surface area contributed by atoms with Crippen LogP contribution in [0.3, 0.4) is 0 Å². The van der Waals surface area contributed by atoms with Crippen molar-refractivity contribution in [2.45, 2.75) is 6.42 Å². The van der Waals surface area contributed by atoms with Crippen molar-refractivity contribution in [3.8, 4) is 17.2 Å². The van der Waals surface area contributed by atoms with Crippen molar-refractivity contribution in [3.63, 3.8) is 0 Å². The second kappa shape index (κ2) is 8.05. The molecule has 0 aliphatic heterocycles. The molecule has 0 atom stereocenters. The smallest absolute Gasteiger partial charge is 0.343 e. The zero-order valence-electron chi connectivity index (χ0n) is 12.3. The van der Waals surface area contributed by atoms with E-state index in [2.05, 4.69) is 0 Å². The van der Waals surface area contributed by atoms with E-state index in [0.29, 0.717) is 35.8 Å². The molecule has 0 bridgehead atoms. The molecule has 0 saturated carbocycles. The molecule has 0 aliphatic rings. The summed E-state index contributed by atoms with van der Waals surface area (Å²) in [5.74, 6) is 1.36. The molecule has 0 heterocycles. The molecular formula is C17H18O5. The van der Waals surface area contributed by atoms with Crippen LogP contribution in [0.4, 0.5) is 0 Å². The Labute approximate surface area is 129 Å². The van der Waals surface area contributed by atoms with Crippen molar-refractivity contribution < 1.29 is 24.1 Å². The first-order valence-corrected chi connectivity index (χ1v) is 6.93. The molecule has 0 radical (unpaired) electrons. The molecule has 2 aromatic carbocycles. The fourth-order valence-corrected chi connectivity index (χ4v) is 1.75. The first kappa shape index (κ1) is 15.9. The highest BCUT2D eigenvalue weighted by Gasteiger charge is 2.09. The van der Waals surface area contributed by atoms with Gasteiger partial charge in [-0.15, -0.1) is 0 Å². The van der Waals surface area contributed by atoms with Crippen LogP contribution in [-0.4, -0.2) is 31.4 Å². The van der Waals surface area contributed by atoms with Gasteiger partial charge in [-0.25, -0.2) is 4.79 Å². The standard InChI is InChI=1S/C17H18O5/c1-20-14-7-9-16(10-8-14)22-17(19)13-3-5-15(6-4-13)21-12-2-11-18/h3-10,18H,2,11-12H2,1H3. The molecule has 0 aromatic heterocycles. The third-order valence-corrected chi connectivity index (χ3v) is 2.93. The van der Waals surface area contributed by atoms with Crippen molar-refractivity contribution >= 4 is 5.97 Å². The lowest BCUT2D eigenvalue weighted by atomic mass is 10.2. The number of benzene rings is 2. The van der Waals surface area contributed by atoms with E-state index < -0.39 is 5.97 Å². The highest BCUT2D eigenvalue weighted by molar-refractivity contribution is 5.91. The zero-order valence-corrected chi connectivity index (χ0v) is 12.3. The van der Waals surface area contributed by atoms with Crippen molar-refractivity contribution in [1.82, 2.24) is 0 Å². The van der Waals surface area contributed by atoms with Gasteiger partial charge in [0.15, 0.2) is 0 Å². The van der Waals surface area contributed by atoms with Gasteiger partial charge in [0, 0.05) is 13.0 Å². The Morgan fingerprint density at radius 3 is 2.14 bits per heavy atom. The molecule has 0 spiro atoms. The summed E-state index contributed by atoms with van der Waals surface area (Å²) in [6.07, 6.45) is 0.571. The van der Waals surface area contributed by atoms with E-state index in [4.69, 9.17) is 19.3 Å². The van der Waals surface area contributed by atoms with Crippen molar-refractivity contribution in [3.05, 3.63) is 54.1 Å². The molecule has 1 N–H and O–H groups in total. The number of carbonyl (C=O) groups excluding carboxylic acids is 1.